The number of nitrogens with zero attached hydrogens (tertiary/aromatic N) is 1. The van der Waals surface area contributed by atoms with E-state index in [0.29, 0.717) is 11.5 Å². The van der Waals surface area contributed by atoms with Crippen molar-refractivity contribution in [1.82, 2.24) is 14.7 Å². The summed E-state index contributed by atoms with van der Waals surface area (Å²) in [7, 11) is -3.76. The van der Waals surface area contributed by atoms with Crippen molar-refractivity contribution in [2.24, 2.45) is 0 Å². The van der Waals surface area contributed by atoms with Gasteiger partial charge in [0.1, 0.15) is 10.7 Å². The van der Waals surface area contributed by atoms with Crippen LogP contribution >= 0.6 is 11.6 Å². The number of aromatic nitrogens is 2. The molecule has 0 radical (unpaired) electrons. The molecule has 2 rings (SSSR count). The lowest BCUT2D eigenvalue weighted by Gasteiger charge is -2.13. The molecule has 1 aromatic carbocycles. The number of rotatable bonds is 4. The lowest BCUT2D eigenvalue weighted by Crippen LogP contribution is -2.27. The Hall–Kier alpha value is -1.57. The smallest absolute Gasteiger partial charge is 0.242 e. The predicted octanol–water partition coefficient (Wildman–Crippen LogP) is 1.68. The molecule has 1 unspecified atom stereocenters. The lowest BCUT2D eigenvalue weighted by atomic mass is 10.3. The second-order valence-corrected chi connectivity index (χ2v) is 6.10. The summed E-state index contributed by atoms with van der Waals surface area (Å²) >= 11 is 5.89. The highest BCUT2D eigenvalue weighted by Gasteiger charge is 2.22. The van der Waals surface area contributed by atoms with Crippen LogP contribution in [0.5, 0.6) is 0 Å². The first-order chi connectivity index (χ1) is 8.90. The molecule has 0 amide bonds. The molecule has 4 N–H and O–H groups in total. The number of halogens is 1. The molecule has 0 spiro atoms. The Morgan fingerprint density at radius 3 is 2.84 bits per heavy atom. The van der Waals surface area contributed by atoms with E-state index < -0.39 is 16.1 Å². The van der Waals surface area contributed by atoms with Gasteiger partial charge in [0.05, 0.1) is 11.1 Å². The molecule has 0 aliphatic heterocycles. The number of aromatic amines is 1. The van der Waals surface area contributed by atoms with Gasteiger partial charge in [0.25, 0.3) is 0 Å². The van der Waals surface area contributed by atoms with Gasteiger partial charge in [-0.1, -0.05) is 11.6 Å². The number of nitrogens with one attached hydrogen (secondary N) is 2. The Morgan fingerprint density at radius 2 is 2.21 bits per heavy atom. The molecular formula is C11H13ClN4O2S. The van der Waals surface area contributed by atoms with Gasteiger partial charge >= 0.3 is 0 Å². The van der Waals surface area contributed by atoms with Crippen LogP contribution in [0.1, 0.15) is 18.8 Å². The summed E-state index contributed by atoms with van der Waals surface area (Å²) in [5, 5.41) is 0.119. The normalized spacial score (nSPS) is 13.4. The van der Waals surface area contributed by atoms with Crippen LogP contribution < -0.4 is 10.5 Å². The number of hydrogen-bond donors (Lipinski definition) is 3. The third kappa shape index (κ3) is 3.06. The van der Waals surface area contributed by atoms with Crippen molar-refractivity contribution in [1.29, 1.82) is 0 Å². The fourth-order valence-electron chi connectivity index (χ4n) is 1.59. The summed E-state index contributed by atoms with van der Waals surface area (Å²) in [6.07, 6.45) is 3.17. The Balaban J connectivity index is 2.30. The third-order valence-electron chi connectivity index (χ3n) is 2.51. The van der Waals surface area contributed by atoms with Gasteiger partial charge in [-0.15, -0.1) is 0 Å². The number of hydrogen-bond acceptors (Lipinski definition) is 4. The summed E-state index contributed by atoms with van der Waals surface area (Å²) in [6, 6.07) is 3.80. The van der Waals surface area contributed by atoms with E-state index in [2.05, 4.69) is 14.7 Å². The van der Waals surface area contributed by atoms with Gasteiger partial charge in [-0.2, -0.15) is 0 Å². The summed E-state index contributed by atoms with van der Waals surface area (Å²) in [4.78, 5) is 6.79. The molecule has 1 heterocycles. The Labute approximate surface area is 116 Å². The van der Waals surface area contributed by atoms with Crippen LogP contribution in [0.15, 0.2) is 35.5 Å². The SMILES string of the molecule is CC(NS(=O)(=O)c1cc(N)ccc1Cl)c1ncc[nH]1. The van der Waals surface area contributed by atoms with E-state index in [-0.39, 0.29) is 9.92 Å². The minimum Gasteiger partial charge on any atom is -0.399 e. The topological polar surface area (TPSA) is 101 Å². The van der Waals surface area contributed by atoms with E-state index in [4.69, 9.17) is 17.3 Å². The van der Waals surface area contributed by atoms with Crippen molar-refractivity contribution in [2.45, 2.75) is 17.9 Å². The molecule has 19 heavy (non-hydrogen) atoms. The molecule has 0 fully saturated rings. The van der Waals surface area contributed by atoms with Gasteiger partial charge in [0.15, 0.2) is 0 Å². The second kappa shape index (κ2) is 5.20. The summed E-state index contributed by atoms with van der Waals surface area (Å²) in [6.45, 7) is 1.68. The van der Waals surface area contributed by atoms with Crippen LogP contribution in [0, 0.1) is 0 Å². The zero-order valence-electron chi connectivity index (χ0n) is 10.1. The molecule has 1 atom stereocenters. The Bertz CT molecular complexity index is 670. The highest BCUT2D eigenvalue weighted by molar-refractivity contribution is 7.89. The van der Waals surface area contributed by atoms with E-state index >= 15 is 0 Å². The molecule has 6 nitrogen and oxygen atoms in total. The molecule has 2 aromatic rings. The van der Waals surface area contributed by atoms with Gasteiger partial charge in [-0.05, 0) is 25.1 Å². The van der Waals surface area contributed by atoms with Crippen LogP contribution in [0.2, 0.25) is 5.02 Å². The summed E-state index contributed by atoms with van der Waals surface area (Å²) in [5.74, 6) is 0.517. The second-order valence-electron chi connectivity index (χ2n) is 4.01. The minimum absolute atomic E-state index is 0.0485. The number of H-pyrrole nitrogens is 1. The largest absolute Gasteiger partial charge is 0.399 e. The highest BCUT2D eigenvalue weighted by Crippen LogP contribution is 2.24. The Morgan fingerprint density at radius 1 is 1.47 bits per heavy atom. The Kier molecular flexibility index (Phi) is 3.79. The number of nitrogen functional groups attached to an aromatic ring is 1. The van der Waals surface area contributed by atoms with Gasteiger partial charge in [-0.25, -0.2) is 18.1 Å². The average molecular weight is 301 g/mol. The molecular weight excluding hydrogens is 288 g/mol. The van der Waals surface area contributed by atoms with Crippen molar-refractivity contribution in [3.05, 3.63) is 41.4 Å². The van der Waals surface area contributed by atoms with Crippen LogP contribution in [-0.4, -0.2) is 18.4 Å². The molecule has 8 heteroatoms. The van der Waals surface area contributed by atoms with Crippen molar-refractivity contribution < 1.29 is 8.42 Å². The zero-order chi connectivity index (χ0) is 14.0. The zero-order valence-corrected chi connectivity index (χ0v) is 11.7. The molecule has 102 valence electrons. The fourth-order valence-corrected chi connectivity index (χ4v) is 3.33. The van der Waals surface area contributed by atoms with Crippen molar-refractivity contribution in [3.8, 4) is 0 Å². The lowest BCUT2D eigenvalue weighted by molar-refractivity contribution is 0.561. The molecule has 0 saturated heterocycles. The first kappa shape index (κ1) is 13.9. The van der Waals surface area contributed by atoms with E-state index in [0.717, 1.165) is 0 Å². The standard InChI is InChI=1S/C11H13ClN4O2S/c1-7(11-14-4-5-15-11)16-19(17,18)10-6-8(13)2-3-9(10)12/h2-7,16H,13H2,1H3,(H,14,15). The first-order valence-corrected chi connectivity index (χ1v) is 7.33. The van der Waals surface area contributed by atoms with Crippen LogP contribution in [-0.2, 0) is 10.0 Å². The maximum absolute atomic E-state index is 12.2. The van der Waals surface area contributed by atoms with Crippen molar-refractivity contribution >= 4 is 27.3 Å². The highest BCUT2D eigenvalue weighted by atomic mass is 35.5. The van der Waals surface area contributed by atoms with Gasteiger partial charge in [-0.3, -0.25) is 0 Å². The number of sulfonamides is 1. The number of benzene rings is 1. The molecule has 0 aliphatic carbocycles. The van der Waals surface area contributed by atoms with Crippen LogP contribution in [0.25, 0.3) is 0 Å². The van der Waals surface area contributed by atoms with E-state index in [9.17, 15) is 8.42 Å². The van der Waals surface area contributed by atoms with Crippen LogP contribution in [0.4, 0.5) is 5.69 Å². The first-order valence-electron chi connectivity index (χ1n) is 5.47. The number of anilines is 1. The summed E-state index contributed by atoms with van der Waals surface area (Å²) < 4.78 is 26.9. The van der Waals surface area contributed by atoms with Gasteiger partial charge in [0, 0.05) is 18.1 Å². The van der Waals surface area contributed by atoms with E-state index in [1.807, 2.05) is 0 Å². The van der Waals surface area contributed by atoms with Crippen LogP contribution in [0.3, 0.4) is 0 Å². The predicted molar refractivity (Wildman–Crippen MR) is 73.2 cm³/mol. The number of imidazole rings is 1. The van der Waals surface area contributed by atoms with Gasteiger partial charge < -0.3 is 10.7 Å². The average Bonchev–Trinajstić information content (AvgIpc) is 2.85. The van der Waals surface area contributed by atoms with E-state index in [1.165, 1.54) is 18.2 Å². The molecule has 0 aliphatic rings. The van der Waals surface area contributed by atoms with Crippen molar-refractivity contribution in [2.75, 3.05) is 5.73 Å². The quantitative estimate of drug-likeness (QED) is 0.748. The van der Waals surface area contributed by atoms with Gasteiger partial charge in [0.2, 0.25) is 10.0 Å². The van der Waals surface area contributed by atoms with Crippen molar-refractivity contribution in [3.63, 3.8) is 0 Å². The molecule has 1 aromatic heterocycles. The fraction of sp³-hybridized carbons (Fsp3) is 0.182. The molecule has 0 saturated carbocycles. The maximum Gasteiger partial charge on any atom is 0.242 e. The molecule has 0 bridgehead atoms. The minimum atomic E-state index is -3.76. The third-order valence-corrected chi connectivity index (χ3v) is 4.53. The number of nitrogens with two attached hydrogens (primary N) is 1. The monoisotopic (exact) mass is 300 g/mol. The summed E-state index contributed by atoms with van der Waals surface area (Å²) in [5.41, 5.74) is 5.91. The van der Waals surface area contributed by atoms with E-state index in [1.54, 1.807) is 19.3 Å². The maximum atomic E-state index is 12.2.